The summed E-state index contributed by atoms with van der Waals surface area (Å²) in [4.78, 5) is 2.39. The van der Waals surface area contributed by atoms with Gasteiger partial charge < -0.3 is 10.6 Å². The number of para-hydroxylation sites is 1. The maximum atomic E-state index is 6.08. The molecular weight excluding hydrogens is 172 g/mol. The van der Waals surface area contributed by atoms with E-state index in [-0.39, 0.29) is 0 Å². The van der Waals surface area contributed by atoms with Crippen molar-refractivity contribution >= 4 is 5.69 Å². The van der Waals surface area contributed by atoms with Gasteiger partial charge in [0.2, 0.25) is 0 Å². The lowest BCUT2D eigenvalue weighted by Gasteiger charge is -2.17. The number of rotatable bonds is 2. The fourth-order valence-electron chi connectivity index (χ4n) is 2.18. The maximum absolute atomic E-state index is 6.08. The summed E-state index contributed by atoms with van der Waals surface area (Å²) in [5, 5.41) is 0. The molecule has 0 aliphatic carbocycles. The number of benzene rings is 1. The molecule has 2 nitrogen and oxygen atoms in total. The Hall–Kier alpha value is -1.02. The number of hydrogen-bond acceptors (Lipinski definition) is 2. The minimum absolute atomic E-state index is 0.347. The van der Waals surface area contributed by atoms with Crippen molar-refractivity contribution in [3.8, 4) is 0 Å². The molecule has 2 unspecified atom stereocenters. The first-order chi connectivity index (χ1) is 6.81. The number of hydrogen-bond donors (Lipinski definition) is 1. The van der Waals surface area contributed by atoms with Gasteiger partial charge in [-0.1, -0.05) is 31.5 Å². The molecule has 1 aliphatic rings. The molecule has 0 aromatic heterocycles. The molecule has 2 N–H and O–H groups in total. The Labute approximate surface area is 85.7 Å². The largest absolute Gasteiger partial charge is 0.370 e. The zero-order valence-electron chi connectivity index (χ0n) is 8.69. The van der Waals surface area contributed by atoms with Crippen LogP contribution in [0.25, 0.3) is 0 Å². The quantitative estimate of drug-likeness (QED) is 0.771. The average molecular weight is 190 g/mol. The van der Waals surface area contributed by atoms with E-state index >= 15 is 0 Å². The standard InChI is InChI=1S/C12H18N2/c1-2-10-8-14(9-12(10)13)11-6-4-3-5-7-11/h3-7,10,12H,2,8-9,13H2,1H3. The molecule has 0 saturated carbocycles. The van der Waals surface area contributed by atoms with Gasteiger partial charge in [-0.15, -0.1) is 0 Å². The third-order valence-electron chi connectivity index (χ3n) is 3.14. The average Bonchev–Trinajstić information content (AvgIpc) is 2.61. The summed E-state index contributed by atoms with van der Waals surface area (Å²) in [7, 11) is 0. The van der Waals surface area contributed by atoms with E-state index in [2.05, 4.69) is 42.2 Å². The van der Waals surface area contributed by atoms with E-state index in [0.717, 1.165) is 13.1 Å². The SMILES string of the molecule is CCC1CN(c2ccccc2)CC1N. The molecule has 76 valence electrons. The molecule has 0 amide bonds. The highest BCUT2D eigenvalue weighted by Gasteiger charge is 2.28. The van der Waals surface area contributed by atoms with Gasteiger partial charge in [-0.25, -0.2) is 0 Å². The molecule has 1 aromatic carbocycles. The van der Waals surface area contributed by atoms with Crippen LogP contribution in [0.5, 0.6) is 0 Å². The van der Waals surface area contributed by atoms with E-state index in [1.54, 1.807) is 0 Å². The van der Waals surface area contributed by atoms with E-state index < -0.39 is 0 Å². The van der Waals surface area contributed by atoms with Crippen LogP contribution in [-0.2, 0) is 0 Å². The van der Waals surface area contributed by atoms with Crippen molar-refractivity contribution in [1.82, 2.24) is 0 Å². The second-order valence-electron chi connectivity index (χ2n) is 4.07. The first kappa shape index (κ1) is 9.53. The number of nitrogens with two attached hydrogens (primary N) is 1. The van der Waals surface area contributed by atoms with E-state index in [1.807, 2.05) is 0 Å². The van der Waals surface area contributed by atoms with Gasteiger partial charge in [0.05, 0.1) is 0 Å². The molecule has 1 heterocycles. The van der Waals surface area contributed by atoms with Gasteiger partial charge in [0.1, 0.15) is 0 Å². The zero-order chi connectivity index (χ0) is 9.97. The van der Waals surface area contributed by atoms with Crippen molar-refractivity contribution in [1.29, 1.82) is 0 Å². The van der Waals surface area contributed by atoms with Crippen LogP contribution < -0.4 is 10.6 Å². The molecule has 14 heavy (non-hydrogen) atoms. The van der Waals surface area contributed by atoms with Crippen molar-refractivity contribution in [3.63, 3.8) is 0 Å². The summed E-state index contributed by atoms with van der Waals surface area (Å²) in [6.45, 7) is 4.34. The summed E-state index contributed by atoms with van der Waals surface area (Å²) < 4.78 is 0. The normalized spacial score (nSPS) is 26.9. The van der Waals surface area contributed by atoms with Crippen LogP contribution in [0.3, 0.4) is 0 Å². The lowest BCUT2D eigenvalue weighted by atomic mass is 10.0. The summed E-state index contributed by atoms with van der Waals surface area (Å²) in [5.74, 6) is 0.662. The third kappa shape index (κ3) is 1.75. The van der Waals surface area contributed by atoms with E-state index in [9.17, 15) is 0 Å². The molecule has 2 rings (SSSR count). The van der Waals surface area contributed by atoms with Gasteiger partial charge in [0, 0.05) is 24.8 Å². The third-order valence-corrected chi connectivity index (χ3v) is 3.14. The summed E-state index contributed by atoms with van der Waals surface area (Å²) in [6, 6.07) is 10.9. The highest BCUT2D eigenvalue weighted by molar-refractivity contribution is 5.47. The minimum Gasteiger partial charge on any atom is -0.370 e. The van der Waals surface area contributed by atoms with E-state index in [0.29, 0.717) is 12.0 Å². The van der Waals surface area contributed by atoms with Gasteiger partial charge in [-0.05, 0) is 18.1 Å². The van der Waals surface area contributed by atoms with Crippen LogP contribution in [0.2, 0.25) is 0 Å². The van der Waals surface area contributed by atoms with Gasteiger partial charge in [0.15, 0.2) is 0 Å². The molecule has 1 saturated heterocycles. The topological polar surface area (TPSA) is 29.3 Å². The Morgan fingerprint density at radius 1 is 1.29 bits per heavy atom. The first-order valence-electron chi connectivity index (χ1n) is 5.37. The molecule has 0 radical (unpaired) electrons. The summed E-state index contributed by atoms with van der Waals surface area (Å²) in [5.41, 5.74) is 7.38. The van der Waals surface area contributed by atoms with Gasteiger partial charge in [0.25, 0.3) is 0 Å². The Morgan fingerprint density at radius 3 is 2.57 bits per heavy atom. The Balaban J connectivity index is 2.09. The van der Waals surface area contributed by atoms with Crippen molar-refractivity contribution in [2.75, 3.05) is 18.0 Å². The van der Waals surface area contributed by atoms with Crippen molar-refractivity contribution < 1.29 is 0 Å². The second-order valence-corrected chi connectivity index (χ2v) is 4.07. The summed E-state index contributed by atoms with van der Waals surface area (Å²) in [6.07, 6.45) is 1.19. The fourth-order valence-corrected chi connectivity index (χ4v) is 2.18. The number of anilines is 1. The minimum atomic E-state index is 0.347. The summed E-state index contributed by atoms with van der Waals surface area (Å²) >= 11 is 0. The van der Waals surface area contributed by atoms with Crippen molar-refractivity contribution in [2.45, 2.75) is 19.4 Å². The lowest BCUT2D eigenvalue weighted by Crippen LogP contribution is -2.29. The highest BCUT2D eigenvalue weighted by atomic mass is 15.2. The predicted molar refractivity (Wildman–Crippen MR) is 60.4 cm³/mol. The molecule has 1 aromatic rings. The van der Waals surface area contributed by atoms with Gasteiger partial charge >= 0.3 is 0 Å². The monoisotopic (exact) mass is 190 g/mol. The molecular formula is C12H18N2. The molecule has 2 atom stereocenters. The number of nitrogens with zero attached hydrogens (tertiary/aromatic N) is 1. The zero-order valence-corrected chi connectivity index (χ0v) is 8.69. The van der Waals surface area contributed by atoms with E-state index in [4.69, 9.17) is 5.73 Å². The second kappa shape index (κ2) is 4.01. The Bertz CT molecular complexity index is 284. The van der Waals surface area contributed by atoms with Gasteiger partial charge in [-0.3, -0.25) is 0 Å². The van der Waals surface area contributed by atoms with Crippen molar-refractivity contribution in [3.05, 3.63) is 30.3 Å². The maximum Gasteiger partial charge on any atom is 0.0366 e. The van der Waals surface area contributed by atoms with Crippen LogP contribution in [0.4, 0.5) is 5.69 Å². The smallest absolute Gasteiger partial charge is 0.0366 e. The molecule has 0 bridgehead atoms. The Kier molecular flexibility index (Phi) is 2.73. The molecule has 1 fully saturated rings. The van der Waals surface area contributed by atoms with Crippen LogP contribution in [-0.4, -0.2) is 19.1 Å². The lowest BCUT2D eigenvalue weighted by molar-refractivity contribution is 0.500. The highest BCUT2D eigenvalue weighted by Crippen LogP contribution is 2.24. The van der Waals surface area contributed by atoms with Gasteiger partial charge in [-0.2, -0.15) is 0 Å². The van der Waals surface area contributed by atoms with Crippen LogP contribution in [0.1, 0.15) is 13.3 Å². The van der Waals surface area contributed by atoms with Crippen LogP contribution in [0, 0.1) is 5.92 Å². The fraction of sp³-hybridized carbons (Fsp3) is 0.500. The van der Waals surface area contributed by atoms with Crippen LogP contribution >= 0.6 is 0 Å². The molecule has 0 spiro atoms. The molecule has 1 aliphatic heterocycles. The predicted octanol–water partition coefficient (Wildman–Crippen LogP) is 1.86. The van der Waals surface area contributed by atoms with E-state index in [1.165, 1.54) is 12.1 Å². The van der Waals surface area contributed by atoms with Crippen LogP contribution in [0.15, 0.2) is 30.3 Å². The Morgan fingerprint density at radius 2 is 2.00 bits per heavy atom. The van der Waals surface area contributed by atoms with Crippen molar-refractivity contribution in [2.24, 2.45) is 11.7 Å². The first-order valence-corrected chi connectivity index (χ1v) is 5.37. The molecule has 2 heteroatoms.